The lowest BCUT2D eigenvalue weighted by Crippen LogP contribution is -1.99. The van der Waals surface area contributed by atoms with Crippen molar-refractivity contribution in [3.8, 4) is 0 Å². The van der Waals surface area contributed by atoms with Crippen LogP contribution < -0.4 is 0 Å². The molecule has 0 N–H and O–H groups in total. The molecule has 0 heterocycles. The second kappa shape index (κ2) is 4.91. The molecule has 0 aliphatic carbocycles. The zero-order valence-electron chi connectivity index (χ0n) is 6.41. The van der Waals surface area contributed by atoms with Crippen LogP contribution in [0, 0.1) is 5.82 Å². The third-order valence-corrected chi connectivity index (χ3v) is 2.18. The highest BCUT2D eigenvalue weighted by atomic mass is 127. The fourth-order valence-corrected chi connectivity index (χ4v) is 1.52. The van der Waals surface area contributed by atoms with E-state index in [1.165, 1.54) is 24.3 Å². The van der Waals surface area contributed by atoms with E-state index in [4.69, 9.17) is 12.1 Å². The van der Waals surface area contributed by atoms with Gasteiger partial charge in [-0.2, -0.15) is 0 Å². The molecule has 0 saturated carbocycles. The summed E-state index contributed by atoms with van der Waals surface area (Å²) in [7, 11) is 5.29. The van der Waals surface area contributed by atoms with Crippen molar-refractivity contribution in [2.45, 2.75) is 0 Å². The molecule has 0 saturated heterocycles. The lowest BCUT2D eigenvalue weighted by molar-refractivity contribution is 0.0763. The molecule has 1 unspecified atom stereocenters. The van der Waals surface area contributed by atoms with Crippen LogP contribution in [0.15, 0.2) is 24.3 Å². The summed E-state index contributed by atoms with van der Waals surface area (Å²) in [5, 5.41) is 0. The monoisotopic (exact) mass is 308 g/mol. The smallest absolute Gasteiger partial charge is 0.340 e. The van der Waals surface area contributed by atoms with Crippen molar-refractivity contribution in [3.63, 3.8) is 0 Å². The van der Waals surface area contributed by atoms with Crippen LogP contribution in [0.3, 0.4) is 0 Å². The van der Waals surface area contributed by atoms with Crippen LogP contribution >= 0.6 is 27.7 Å². The molecule has 1 rings (SSSR count). The predicted molar refractivity (Wildman–Crippen MR) is 58.5 cm³/mol. The van der Waals surface area contributed by atoms with Gasteiger partial charge in [-0.25, -0.2) is 9.18 Å². The summed E-state index contributed by atoms with van der Waals surface area (Å²) in [4.78, 5) is 11.2. The van der Waals surface area contributed by atoms with Crippen molar-refractivity contribution >= 4 is 41.2 Å². The SMILES string of the molecule is [B]P(I)OC(=O)c1ccc(F)cc1. The number of rotatable bonds is 2. The minimum Gasteiger partial charge on any atom is -0.443 e. The summed E-state index contributed by atoms with van der Waals surface area (Å²) in [5.74, 6) is -0.913. The molecule has 0 aliphatic heterocycles. The number of hydrogen-bond donors (Lipinski definition) is 0. The maximum absolute atomic E-state index is 12.4. The number of carbonyl (C=O) groups is 1. The van der Waals surface area contributed by atoms with Crippen LogP contribution in [0.2, 0.25) is 0 Å². The van der Waals surface area contributed by atoms with Crippen LogP contribution in [0.1, 0.15) is 10.4 Å². The lowest BCUT2D eigenvalue weighted by Gasteiger charge is -2.05. The standard InChI is InChI=1S/C7H4BFIO2P/c8-13(10)12-7(11)5-1-3-6(9)4-2-5/h1-4H. The van der Waals surface area contributed by atoms with Gasteiger partial charge in [-0.1, -0.05) is 0 Å². The van der Waals surface area contributed by atoms with E-state index >= 15 is 0 Å². The molecular formula is C7H4BFIO2P. The fraction of sp³-hybridized carbons (Fsp3) is 0. The largest absolute Gasteiger partial charge is 0.443 e. The van der Waals surface area contributed by atoms with Crippen LogP contribution in [0.4, 0.5) is 4.39 Å². The van der Waals surface area contributed by atoms with Gasteiger partial charge in [0.25, 0.3) is 0 Å². The molecule has 2 radical (unpaired) electrons. The van der Waals surface area contributed by atoms with Crippen molar-refractivity contribution in [2.75, 3.05) is 0 Å². The van der Waals surface area contributed by atoms with Gasteiger partial charge in [0.1, 0.15) is 5.82 Å². The summed E-state index contributed by atoms with van der Waals surface area (Å²) in [6.45, 7) is 0. The Morgan fingerprint density at radius 2 is 2.00 bits per heavy atom. The summed E-state index contributed by atoms with van der Waals surface area (Å²) >= 11 is 1.82. The molecule has 66 valence electrons. The molecule has 6 heteroatoms. The second-order valence-corrected chi connectivity index (χ2v) is 5.74. The maximum Gasteiger partial charge on any atom is 0.340 e. The minimum atomic E-state index is -1.24. The van der Waals surface area contributed by atoms with Gasteiger partial charge in [0.05, 0.1) is 11.2 Å². The topological polar surface area (TPSA) is 26.3 Å². The molecule has 1 aromatic carbocycles. The van der Waals surface area contributed by atoms with Gasteiger partial charge in [-0.15, -0.1) is 0 Å². The van der Waals surface area contributed by atoms with Gasteiger partial charge in [-0.3, -0.25) is 0 Å². The highest BCUT2D eigenvalue weighted by Gasteiger charge is 2.08. The first-order valence-electron chi connectivity index (χ1n) is 3.28. The van der Waals surface area contributed by atoms with E-state index < -0.39 is 11.6 Å². The summed E-state index contributed by atoms with van der Waals surface area (Å²) < 4.78 is 17.2. The first-order chi connectivity index (χ1) is 6.09. The zero-order chi connectivity index (χ0) is 9.84. The van der Waals surface area contributed by atoms with E-state index in [9.17, 15) is 9.18 Å². The Morgan fingerprint density at radius 3 is 2.46 bits per heavy atom. The van der Waals surface area contributed by atoms with Gasteiger partial charge in [-0.05, 0) is 46.3 Å². The van der Waals surface area contributed by atoms with Gasteiger partial charge in [0, 0.05) is 0 Å². The summed E-state index contributed by atoms with van der Waals surface area (Å²) in [5.41, 5.74) is -0.943. The Morgan fingerprint density at radius 1 is 1.46 bits per heavy atom. The lowest BCUT2D eigenvalue weighted by atomic mass is 10.2. The van der Waals surface area contributed by atoms with Gasteiger partial charge < -0.3 is 4.52 Å². The van der Waals surface area contributed by atoms with E-state index in [1.54, 1.807) is 0 Å². The number of carbonyl (C=O) groups excluding carboxylic acids is 1. The molecule has 0 aromatic heterocycles. The van der Waals surface area contributed by atoms with Crippen molar-refractivity contribution in [1.29, 1.82) is 0 Å². The van der Waals surface area contributed by atoms with E-state index in [0.717, 1.165) is 0 Å². The highest BCUT2D eigenvalue weighted by molar-refractivity contribution is 14.2. The highest BCUT2D eigenvalue weighted by Crippen LogP contribution is 2.40. The van der Waals surface area contributed by atoms with E-state index in [1.807, 2.05) is 22.0 Å². The van der Waals surface area contributed by atoms with E-state index in [2.05, 4.69) is 0 Å². The molecule has 2 nitrogen and oxygen atoms in total. The van der Waals surface area contributed by atoms with Crippen molar-refractivity contribution in [1.82, 2.24) is 0 Å². The van der Waals surface area contributed by atoms with E-state index in [0.29, 0.717) is 5.56 Å². The third kappa shape index (κ3) is 3.61. The number of benzene rings is 1. The molecule has 1 aromatic rings. The molecule has 0 bridgehead atoms. The Labute approximate surface area is 90.5 Å². The second-order valence-electron chi connectivity index (χ2n) is 2.16. The van der Waals surface area contributed by atoms with Gasteiger partial charge in [0.15, 0.2) is 7.57 Å². The van der Waals surface area contributed by atoms with E-state index in [-0.39, 0.29) is 5.82 Å². The Bertz CT molecular complexity index is 304. The normalized spacial score (nSPS) is 12.2. The Kier molecular flexibility index (Phi) is 4.13. The number of halogens is 2. The summed E-state index contributed by atoms with van der Waals surface area (Å²) in [6.07, 6.45) is 0. The Hall–Kier alpha value is -0.155. The van der Waals surface area contributed by atoms with Crippen molar-refractivity contribution in [3.05, 3.63) is 35.6 Å². The van der Waals surface area contributed by atoms with Crippen molar-refractivity contribution in [2.24, 2.45) is 0 Å². The molecular weight excluding hydrogens is 304 g/mol. The van der Waals surface area contributed by atoms with Crippen LogP contribution in [-0.2, 0) is 4.52 Å². The molecule has 0 aliphatic rings. The van der Waals surface area contributed by atoms with Crippen molar-refractivity contribution < 1.29 is 13.7 Å². The summed E-state index contributed by atoms with van der Waals surface area (Å²) in [6, 6.07) is 5.10. The van der Waals surface area contributed by atoms with Crippen LogP contribution in [0.25, 0.3) is 0 Å². The van der Waals surface area contributed by atoms with Gasteiger partial charge in [0.2, 0.25) is 0 Å². The average molecular weight is 308 g/mol. The first-order valence-corrected chi connectivity index (χ1v) is 7.39. The third-order valence-electron chi connectivity index (χ3n) is 1.25. The Balaban J connectivity index is 2.72. The molecule has 1 atom stereocenters. The fourth-order valence-electron chi connectivity index (χ4n) is 0.718. The quantitative estimate of drug-likeness (QED) is 0.477. The molecule has 0 spiro atoms. The minimum absolute atomic E-state index is 0.302. The predicted octanol–water partition coefficient (Wildman–Crippen LogP) is 2.81. The molecule has 0 amide bonds. The molecule has 13 heavy (non-hydrogen) atoms. The number of hydrogen-bond acceptors (Lipinski definition) is 2. The zero-order valence-corrected chi connectivity index (χ0v) is 9.46. The first kappa shape index (κ1) is 10.9. The van der Waals surface area contributed by atoms with Crippen LogP contribution in [0.5, 0.6) is 0 Å². The maximum atomic E-state index is 12.4. The molecule has 0 fully saturated rings. The van der Waals surface area contributed by atoms with Crippen LogP contribution in [-0.4, -0.2) is 13.5 Å². The van der Waals surface area contributed by atoms with Gasteiger partial charge >= 0.3 is 5.97 Å². The average Bonchev–Trinajstić information content (AvgIpc) is 2.04.